The van der Waals surface area contributed by atoms with Crippen LogP contribution in [0.2, 0.25) is 0 Å². The van der Waals surface area contributed by atoms with Gasteiger partial charge in [-0.2, -0.15) is 13.2 Å². The molecule has 9 heteroatoms. The van der Waals surface area contributed by atoms with Crippen molar-refractivity contribution in [3.05, 3.63) is 33.5 Å². The first-order valence-electron chi connectivity index (χ1n) is 4.39. The van der Waals surface area contributed by atoms with Gasteiger partial charge in [0.15, 0.2) is 0 Å². The van der Waals surface area contributed by atoms with Gasteiger partial charge in [-0.15, -0.1) is 5.10 Å². The summed E-state index contributed by atoms with van der Waals surface area (Å²) in [6.45, 7) is 0. The molecule has 0 aliphatic rings. The molecule has 0 aliphatic carbocycles. The van der Waals surface area contributed by atoms with E-state index in [4.69, 9.17) is 4.74 Å². The van der Waals surface area contributed by atoms with Crippen LogP contribution in [-0.4, -0.2) is 10.2 Å². The number of halogens is 5. The molecule has 0 fully saturated rings. The summed E-state index contributed by atoms with van der Waals surface area (Å²) in [4.78, 5) is 0. The number of hydrogen-bond donors (Lipinski definition) is 0. The van der Waals surface area contributed by atoms with Crippen LogP contribution in [0.25, 0.3) is 0 Å². The Hall–Kier alpha value is -1.22. The van der Waals surface area contributed by atoms with Gasteiger partial charge < -0.3 is 4.74 Å². The van der Waals surface area contributed by atoms with Crippen molar-refractivity contribution in [2.24, 2.45) is 0 Å². The topological polar surface area (TPSA) is 35.0 Å². The van der Waals surface area contributed by atoms with E-state index in [9.17, 15) is 17.6 Å². The van der Waals surface area contributed by atoms with Crippen molar-refractivity contribution < 1.29 is 22.3 Å². The van der Waals surface area contributed by atoms with E-state index in [1.165, 1.54) is 12.1 Å². The fourth-order valence-electron chi connectivity index (χ4n) is 1.05. The highest BCUT2D eigenvalue weighted by molar-refractivity contribution is 9.10. The average Bonchev–Trinajstić information content (AvgIpc) is 2.63. The van der Waals surface area contributed by atoms with Gasteiger partial charge in [-0.05, 0) is 12.1 Å². The Morgan fingerprint density at radius 2 is 1.89 bits per heavy atom. The summed E-state index contributed by atoms with van der Waals surface area (Å²) in [5, 5.41) is 4.74. The molecule has 0 saturated carbocycles. The molecule has 0 atom stereocenters. The van der Waals surface area contributed by atoms with Gasteiger partial charge in [-0.25, -0.2) is 4.39 Å². The highest BCUT2D eigenvalue weighted by Crippen LogP contribution is 2.35. The van der Waals surface area contributed by atoms with Gasteiger partial charge in [0.1, 0.15) is 11.6 Å². The Labute approximate surface area is 111 Å². The Balaban J connectivity index is 2.21. The second-order valence-corrected chi connectivity index (χ2v) is 4.93. The zero-order valence-electron chi connectivity index (χ0n) is 8.33. The molecule has 0 bridgehead atoms. The Bertz CT molecular complexity index is 552. The first kappa shape index (κ1) is 13.2. The number of rotatable bonds is 2. The van der Waals surface area contributed by atoms with Gasteiger partial charge in [-0.3, -0.25) is 0 Å². The summed E-state index contributed by atoms with van der Waals surface area (Å²) < 4.78 is 55.2. The van der Waals surface area contributed by atoms with Crippen LogP contribution in [0.15, 0.2) is 22.7 Å². The minimum Gasteiger partial charge on any atom is -0.430 e. The molecule has 0 unspecified atom stereocenters. The third-order valence-electron chi connectivity index (χ3n) is 1.69. The predicted molar refractivity (Wildman–Crippen MR) is 59.1 cm³/mol. The Morgan fingerprint density at radius 1 is 1.17 bits per heavy atom. The number of nitrogens with zero attached hydrogens (tertiary/aromatic N) is 2. The van der Waals surface area contributed by atoms with Gasteiger partial charge in [0.2, 0.25) is 5.01 Å². The molecular weight excluding hydrogens is 340 g/mol. The van der Waals surface area contributed by atoms with E-state index in [2.05, 4.69) is 26.1 Å². The van der Waals surface area contributed by atoms with Gasteiger partial charge in [0, 0.05) is 10.5 Å². The summed E-state index contributed by atoms with van der Waals surface area (Å²) in [5.74, 6) is -0.549. The van der Waals surface area contributed by atoms with Crippen molar-refractivity contribution >= 4 is 27.3 Å². The molecule has 1 aromatic heterocycles. The highest BCUT2D eigenvalue weighted by atomic mass is 79.9. The fraction of sp³-hybridized carbons (Fsp3) is 0.111. The minimum absolute atomic E-state index is 0.0340. The maximum Gasteiger partial charge on any atom is 0.445 e. The lowest BCUT2D eigenvalue weighted by molar-refractivity contribution is -0.138. The van der Waals surface area contributed by atoms with Crippen LogP contribution in [0.5, 0.6) is 10.9 Å². The van der Waals surface area contributed by atoms with E-state index in [1.807, 2.05) is 0 Å². The van der Waals surface area contributed by atoms with Gasteiger partial charge >= 0.3 is 6.18 Å². The summed E-state index contributed by atoms with van der Waals surface area (Å²) >= 11 is 3.27. The number of aromatic nitrogens is 2. The van der Waals surface area contributed by atoms with Gasteiger partial charge in [0.25, 0.3) is 5.19 Å². The minimum atomic E-state index is -4.57. The van der Waals surface area contributed by atoms with E-state index in [-0.39, 0.29) is 22.3 Å². The van der Waals surface area contributed by atoms with E-state index < -0.39 is 17.0 Å². The summed E-state index contributed by atoms with van der Waals surface area (Å²) in [6, 6.07) is 3.62. The Kier molecular flexibility index (Phi) is 3.53. The summed E-state index contributed by atoms with van der Waals surface area (Å²) in [5.41, 5.74) is 0. The van der Waals surface area contributed by atoms with Crippen molar-refractivity contribution in [3.8, 4) is 10.9 Å². The molecule has 96 valence electrons. The van der Waals surface area contributed by atoms with Crippen LogP contribution in [0.4, 0.5) is 17.6 Å². The van der Waals surface area contributed by atoms with Crippen molar-refractivity contribution in [1.82, 2.24) is 10.2 Å². The van der Waals surface area contributed by atoms with Crippen molar-refractivity contribution in [1.29, 1.82) is 0 Å². The molecule has 0 radical (unpaired) electrons. The predicted octanol–water partition coefficient (Wildman–Crippen LogP) is 4.25. The molecule has 0 amide bonds. The standard InChI is InChI=1S/C9H3BrF4N2OS/c10-4-1-5(11)3-6(2-4)17-8-16-15-7(18-8)9(12,13)14/h1-3H. The van der Waals surface area contributed by atoms with E-state index in [0.717, 1.165) is 6.07 Å². The molecule has 0 N–H and O–H groups in total. The normalized spacial score (nSPS) is 11.6. The Morgan fingerprint density at radius 3 is 2.44 bits per heavy atom. The maximum absolute atomic E-state index is 13.0. The van der Waals surface area contributed by atoms with Crippen LogP contribution < -0.4 is 4.74 Å². The molecule has 1 heterocycles. The van der Waals surface area contributed by atoms with Gasteiger partial charge in [-0.1, -0.05) is 32.4 Å². The maximum atomic E-state index is 13.0. The van der Waals surface area contributed by atoms with Crippen molar-refractivity contribution in [2.45, 2.75) is 6.18 Å². The molecule has 0 aliphatic heterocycles. The fourth-order valence-corrected chi connectivity index (χ4v) is 2.08. The average molecular weight is 343 g/mol. The largest absolute Gasteiger partial charge is 0.445 e. The van der Waals surface area contributed by atoms with Crippen LogP contribution >= 0.6 is 27.3 Å². The van der Waals surface area contributed by atoms with Crippen LogP contribution in [0.1, 0.15) is 5.01 Å². The SMILES string of the molecule is Fc1cc(Br)cc(Oc2nnc(C(F)(F)F)s2)c1. The molecule has 1 aromatic carbocycles. The lowest BCUT2D eigenvalue weighted by atomic mass is 10.3. The first-order chi connectivity index (χ1) is 8.34. The molecule has 0 saturated heterocycles. The molecule has 2 aromatic rings. The third kappa shape index (κ3) is 3.16. The number of ether oxygens (including phenoxy) is 1. The second kappa shape index (κ2) is 4.81. The van der Waals surface area contributed by atoms with E-state index in [1.54, 1.807) is 0 Å². The zero-order chi connectivity index (χ0) is 13.3. The van der Waals surface area contributed by atoms with Crippen molar-refractivity contribution in [2.75, 3.05) is 0 Å². The highest BCUT2D eigenvalue weighted by Gasteiger charge is 2.36. The first-order valence-corrected chi connectivity index (χ1v) is 6.00. The molecule has 18 heavy (non-hydrogen) atoms. The zero-order valence-corrected chi connectivity index (χ0v) is 10.7. The molecule has 3 nitrogen and oxygen atoms in total. The number of alkyl halides is 3. The second-order valence-electron chi connectivity index (χ2n) is 3.08. The lowest BCUT2D eigenvalue weighted by Gasteiger charge is -2.01. The molecule has 0 spiro atoms. The quantitative estimate of drug-likeness (QED) is 0.765. The summed E-state index contributed by atoms with van der Waals surface area (Å²) in [6.07, 6.45) is -4.57. The lowest BCUT2D eigenvalue weighted by Crippen LogP contribution is -2.03. The van der Waals surface area contributed by atoms with E-state index in [0.29, 0.717) is 4.47 Å². The van der Waals surface area contributed by atoms with Crippen LogP contribution in [-0.2, 0) is 6.18 Å². The molecule has 2 rings (SSSR count). The number of hydrogen-bond acceptors (Lipinski definition) is 4. The summed E-state index contributed by atoms with van der Waals surface area (Å²) in [7, 11) is 0. The third-order valence-corrected chi connectivity index (χ3v) is 2.99. The molecular formula is C9H3BrF4N2OS. The number of benzene rings is 1. The monoisotopic (exact) mass is 342 g/mol. The smallest absolute Gasteiger partial charge is 0.430 e. The van der Waals surface area contributed by atoms with Gasteiger partial charge in [0.05, 0.1) is 0 Å². The van der Waals surface area contributed by atoms with Crippen molar-refractivity contribution in [3.63, 3.8) is 0 Å². The van der Waals surface area contributed by atoms with Crippen LogP contribution in [0, 0.1) is 5.82 Å². The van der Waals surface area contributed by atoms with E-state index >= 15 is 0 Å². The van der Waals surface area contributed by atoms with Crippen LogP contribution in [0.3, 0.4) is 0 Å².